The number of hydrogen-bond donors (Lipinski definition) is 1. The highest BCUT2D eigenvalue weighted by Gasteiger charge is 2.37. The van der Waals surface area contributed by atoms with Crippen molar-refractivity contribution in [2.75, 3.05) is 24.1 Å². The Kier molecular flexibility index (Phi) is 4.29. The van der Waals surface area contributed by atoms with Crippen LogP contribution in [0.1, 0.15) is 19.3 Å². The van der Waals surface area contributed by atoms with Crippen molar-refractivity contribution in [3.63, 3.8) is 0 Å². The normalized spacial score (nSPS) is 23.2. The van der Waals surface area contributed by atoms with Crippen LogP contribution < -0.4 is 4.72 Å². The first-order valence-electron chi connectivity index (χ1n) is 8.82. The molecule has 25 heavy (non-hydrogen) atoms. The highest BCUT2D eigenvalue weighted by molar-refractivity contribution is 7.92. The average Bonchev–Trinajstić information content (AvgIpc) is 3.27. The summed E-state index contributed by atoms with van der Waals surface area (Å²) in [6.45, 7) is 2.94. The predicted octanol–water partition coefficient (Wildman–Crippen LogP) is 2.41. The Morgan fingerprint density at radius 2 is 2.00 bits per heavy atom. The van der Waals surface area contributed by atoms with Gasteiger partial charge in [0.1, 0.15) is 0 Å². The summed E-state index contributed by atoms with van der Waals surface area (Å²) < 4.78 is 27.8. The Morgan fingerprint density at radius 1 is 1.20 bits per heavy atom. The molecule has 2 aliphatic rings. The van der Waals surface area contributed by atoms with E-state index in [0.29, 0.717) is 5.82 Å². The molecule has 4 rings (SSSR count). The summed E-state index contributed by atoms with van der Waals surface area (Å²) in [7, 11) is -3.37. The maximum atomic E-state index is 11.7. The Morgan fingerprint density at radius 3 is 2.64 bits per heavy atom. The SMILES string of the molecule is CS(=O)(=O)Nc1nn(CCN2CC3CCC2C3)cc1-c1ccccc1. The lowest BCUT2D eigenvalue weighted by atomic mass is 10.1. The minimum atomic E-state index is -3.37. The first-order chi connectivity index (χ1) is 12.0. The standard InChI is InChI=1S/C18H24N4O2S/c1-25(23,24)20-18-17(15-5-3-2-4-6-15)13-22(19-18)10-9-21-12-14-7-8-16(21)11-14/h2-6,13-14,16H,7-12H2,1H3,(H,19,20). The lowest BCUT2D eigenvalue weighted by molar-refractivity contribution is 0.203. The van der Waals surface area contributed by atoms with Crippen LogP contribution in [0.2, 0.25) is 0 Å². The van der Waals surface area contributed by atoms with Crippen LogP contribution in [0.5, 0.6) is 0 Å². The number of sulfonamides is 1. The van der Waals surface area contributed by atoms with E-state index in [4.69, 9.17) is 0 Å². The van der Waals surface area contributed by atoms with Gasteiger partial charge in [-0.1, -0.05) is 30.3 Å². The van der Waals surface area contributed by atoms with Crippen molar-refractivity contribution in [1.29, 1.82) is 0 Å². The van der Waals surface area contributed by atoms with Crippen molar-refractivity contribution >= 4 is 15.8 Å². The maximum Gasteiger partial charge on any atom is 0.231 e. The van der Waals surface area contributed by atoms with E-state index in [2.05, 4.69) is 14.7 Å². The van der Waals surface area contributed by atoms with Gasteiger partial charge in [-0.05, 0) is 30.7 Å². The van der Waals surface area contributed by atoms with E-state index in [1.54, 1.807) is 0 Å². The summed E-state index contributed by atoms with van der Waals surface area (Å²) in [5, 5.41) is 4.49. The quantitative estimate of drug-likeness (QED) is 0.859. The lowest BCUT2D eigenvalue weighted by Gasteiger charge is -2.26. The van der Waals surface area contributed by atoms with E-state index >= 15 is 0 Å². The number of likely N-dealkylation sites (tertiary alicyclic amines) is 1. The molecular formula is C18H24N4O2S. The van der Waals surface area contributed by atoms with Crippen molar-refractivity contribution in [3.05, 3.63) is 36.5 Å². The highest BCUT2D eigenvalue weighted by Crippen LogP contribution is 2.37. The predicted molar refractivity (Wildman–Crippen MR) is 98.8 cm³/mol. The highest BCUT2D eigenvalue weighted by atomic mass is 32.2. The number of rotatable bonds is 6. The smallest absolute Gasteiger partial charge is 0.231 e. The fraction of sp³-hybridized carbons (Fsp3) is 0.500. The topological polar surface area (TPSA) is 67.2 Å². The van der Waals surface area contributed by atoms with Crippen LogP contribution in [0.15, 0.2) is 36.5 Å². The van der Waals surface area contributed by atoms with Crippen LogP contribution in [0, 0.1) is 5.92 Å². The number of aromatic nitrogens is 2. The van der Waals surface area contributed by atoms with Gasteiger partial charge < -0.3 is 0 Å². The molecule has 2 atom stereocenters. The Labute approximate surface area is 148 Å². The van der Waals surface area contributed by atoms with E-state index in [1.165, 1.54) is 25.8 Å². The van der Waals surface area contributed by atoms with Crippen LogP contribution in [0.25, 0.3) is 11.1 Å². The summed E-state index contributed by atoms with van der Waals surface area (Å²) in [6.07, 6.45) is 7.14. The molecular weight excluding hydrogens is 336 g/mol. The molecule has 2 aromatic rings. The van der Waals surface area contributed by atoms with Gasteiger partial charge in [-0.25, -0.2) is 8.42 Å². The van der Waals surface area contributed by atoms with E-state index in [0.717, 1.165) is 42.4 Å². The Bertz CT molecular complexity index is 847. The van der Waals surface area contributed by atoms with Crippen LogP contribution >= 0.6 is 0 Å². The van der Waals surface area contributed by atoms with Gasteiger partial charge in [-0.15, -0.1) is 0 Å². The van der Waals surface area contributed by atoms with E-state index in [1.807, 2.05) is 41.2 Å². The molecule has 2 fully saturated rings. The molecule has 0 amide bonds. The number of nitrogens with zero attached hydrogens (tertiary/aromatic N) is 3. The molecule has 0 radical (unpaired) electrons. The van der Waals surface area contributed by atoms with Gasteiger partial charge in [-0.3, -0.25) is 14.3 Å². The van der Waals surface area contributed by atoms with Crippen LogP contribution in [0.3, 0.4) is 0 Å². The molecule has 2 heterocycles. The number of nitrogens with one attached hydrogen (secondary N) is 1. The summed E-state index contributed by atoms with van der Waals surface area (Å²) in [5.41, 5.74) is 1.77. The number of piperidine rings is 1. The van der Waals surface area contributed by atoms with E-state index in [9.17, 15) is 8.42 Å². The van der Waals surface area contributed by atoms with E-state index < -0.39 is 10.0 Å². The first-order valence-corrected chi connectivity index (χ1v) is 10.7. The molecule has 1 saturated carbocycles. The van der Waals surface area contributed by atoms with Gasteiger partial charge in [0.2, 0.25) is 10.0 Å². The van der Waals surface area contributed by atoms with Gasteiger partial charge in [0, 0.05) is 30.9 Å². The van der Waals surface area contributed by atoms with E-state index in [-0.39, 0.29) is 0 Å². The minimum Gasteiger partial charge on any atom is -0.298 e. The van der Waals surface area contributed by atoms with Gasteiger partial charge in [0.05, 0.1) is 12.8 Å². The molecule has 0 spiro atoms. The second-order valence-corrected chi connectivity index (χ2v) is 8.97. The zero-order valence-electron chi connectivity index (χ0n) is 14.4. The van der Waals surface area contributed by atoms with Crippen molar-refractivity contribution < 1.29 is 8.42 Å². The fourth-order valence-corrected chi connectivity index (χ4v) is 4.65. The second kappa shape index (κ2) is 6.46. The van der Waals surface area contributed by atoms with Crippen molar-refractivity contribution in [2.24, 2.45) is 5.92 Å². The van der Waals surface area contributed by atoms with Crippen molar-refractivity contribution in [2.45, 2.75) is 31.8 Å². The number of fused-ring (bicyclic) bond motifs is 2. The second-order valence-electron chi connectivity index (χ2n) is 7.22. The number of hydrogen-bond acceptors (Lipinski definition) is 4. The number of benzene rings is 1. The summed E-state index contributed by atoms with van der Waals surface area (Å²) in [5.74, 6) is 1.28. The molecule has 1 aromatic heterocycles. The van der Waals surface area contributed by atoms with Gasteiger partial charge in [0.15, 0.2) is 5.82 Å². The largest absolute Gasteiger partial charge is 0.298 e. The van der Waals surface area contributed by atoms with Crippen LogP contribution in [-0.2, 0) is 16.6 Å². The Balaban J connectivity index is 1.54. The van der Waals surface area contributed by atoms with Crippen LogP contribution in [0.4, 0.5) is 5.82 Å². The van der Waals surface area contributed by atoms with Gasteiger partial charge >= 0.3 is 0 Å². The molecule has 6 nitrogen and oxygen atoms in total. The summed E-state index contributed by atoms with van der Waals surface area (Å²) in [6, 6.07) is 10.5. The molecule has 2 bridgehead atoms. The zero-order chi connectivity index (χ0) is 17.4. The summed E-state index contributed by atoms with van der Waals surface area (Å²) >= 11 is 0. The van der Waals surface area contributed by atoms with Crippen molar-refractivity contribution in [1.82, 2.24) is 14.7 Å². The maximum absolute atomic E-state index is 11.7. The fourth-order valence-electron chi connectivity index (χ4n) is 4.15. The average molecular weight is 360 g/mol. The van der Waals surface area contributed by atoms with Crippen LogP contribution in [-0.4, -0.2) is 48.5 Å². The molecule has 7 heteroatoms. The third-order valence-corrected chi connectivity index (χ3v) is 5.83. The molecule has 2 unspecified atom stereocenters. The minimum absolute atomic E-state index is 0.400. The number of anilines is 1. The molecule has 1 N–H and O–H groups in total. The monoisotopic (exact) mass is 360 g/mol. The third kappa shape index (κ3) is 3.72. The van der Waals surface area contributed by atoms with Gasteiger partial charge in [0.25, 0.3) is 0 Å². The van der Waals surface area contributed by atoms with Crippen molar-refractivity contribution in [3.8, 4) is 11.1 Å². The molecule has 1 aromatic carbocycles. The summed E-state index contributed by atoms with van der Waals surface area (Å²) in [4.78, 5) is 2.56. The zero-order valence-corrected chi connectivity index (χ0v) is 15.2. The third-order valence-electron chi connectivity index (χ3n) is 5.27. The Hall–Kier alpha value is -1.86. The lowest BCUT2D eigenvalue weighted by Crippen LogP contribution is -2.34. The molecule has 1 aliphatic carbocycles. The molecule has 1 saturated heterocycles. The van der Waals surface area contributed by atoms with Gasteiger partial charge in [-0.2, -0.15) is 5.10 Å². The molecule has 134 valence electrons. The molecule has 1 aliphatic heterocycles. The first kappa shape index (κ1) is 16.6.